The zero-order valence-electron chi connectivity index (χ0n) is 15.4. The molecule has 29 heavy (non-hydrogen) atoms. The Morgan fingerprint density at radius 3 is 2.72 bits per heavy atom. The number of carboxylic acid groups (broad SMARTS) is 1. The van der Waals surface area contributed by atoms with E-state index in [1.807, 2.05) is 6.07 Å². The summed E-state index contributed by atoms with van der Waals surface area (Å²) < 4.78 is 16.9. The molecule has 5 nitrogen and oxygen atoms in total. The number of thiophene rings is 1. The normalized spacial score (nSPS) is 18.8. The lowest BCUT2D eigenvalue weighted by Crippen LogP contribution is -2.19. The molecule has 1 saturated carbocycles. The highest BCUT2D eigenvalue weighted by atomic mass is 35.5. The average molecular weight is 433 g/mol. The smallest absolute Gasteiger partial charge is 0.341 e. The molecule has 3 N–H and O–H groups in total. The molecular weight excluding hydrogens is 415 g/mol. The maximum Gasteiger partial charge on any atom is 0.341 e. The monoisotopic (exact) mass is 432 g/mol. The maximum absolute atomic E-state index is 15.2. The van der Waals surface area contributed by atoms with E-state index in [0.717, 1.165) is 48.6 Å². The van der Waals surface area contributed by atoms with Crippen molar-refractivity contribution in [2.75, 3.05) is 0 Å². The number of nitrogens with two attached hydrogens (primary N) is 1. The van der Waals surface area contributed by atoms with E-state index in [-0.39, 0.29) is 33.6 Å². The summed E-state index contributed by atoms with van der Waals surface area (Å²) in [6, 6.07) is 3.09. The Morgan fingerprint density at radius 2 is 2.07 bits per heavy atom. The topological polar surface area (TPSA) is 85.3 Å². The fourth-order valence-corrected chi connectivity index (χ4v) is 5.93. The van der Waals surface area contributed by atoms with E-state index >= 15 is 4.39 Å². The number of carboxylic acids is 1. The molecule has 0 spiro atoms. The van der Waals surface area contributed by atoms with Crippen LogP contribution >= 0.6 is 22.9 Å². The third-order valence-corrected chi connectivity index (χ3v) is 7.46. The molecular formula is C21H18ClFN2O3S. The molecule has 2 heterocycles. The first-order valence-corrected chi connectivity index (χ1v) is 10.7. The molecule has 0 saturated heterocycles. The number of hydrogen-bond acceptors (Lipinski definition) is 4. The van der Waals surface area contributed by atoms with Gasteiger partial charge >= 0.3 is 5.97 Å². The van der Waals surface area contributed by atoms with Crippen LogP contribution in [0.3, 0.4) is 0 Å². The first-order chi connectivity index (χ1) is 13.9. The molecule has 0 radical (unpaired) electrons. The molecule has 3 aromatic rings. The predicted octanol–water partition coefficient (Wildman–Crippen LogP) is 4.89. The minimum Gasteiger partial charge on any atom is -0.477 e. The van der Waals surface area contributed by atoms with Crippen molar-refractivity contribution in [3.8, 4) is 10.4 Å². The van der Waals surface area contributed by atoms with E-state index < -0.39 is 17.2 Å². The third kappa shape index (κ3) is 2.91. The third-order valence-electron chi connectivity index (χ3n) is 5.76. The Bertz CT molecular complexity index is 1250. The van der Waals surface area contributed by atoms with Gasteiger partial charge in [-0.05, 0) is 49.8 Å². The van der Waals surface area contributed by atoms with Crippen LogP contribution in [0.15, 0.2) is 23.1 Å². The van der Waals surface area contributed by atoms with Crippen molar-refractivity contribution >= 4 is 39.8 Å². The van der Waals surface area contributed by atoms with Crippen LogP contribution in [0.25, 0.3) is 21.3 Å². The highest BCUT2D eigenvalue weighted by molar-refractivity contribution is 7.15. The first kappa shape index (κ1) is 18.8. The minimum atomic E-state index is -1.33. The van der Waals surface area contributed by atoms with E-state index in [2.05, 4.69) is 0 Å². The van der Waals surface area contributed by atoms with Crippen molar-refractivity contribution in [2.45, 2.75) is 44.2 Å². The Morgan fingerprint density at radius 1 is 1.31 bits per heavy atom. The molecule has 0 bridgehead atoms. The Labute approximate surface area is 174 Å². The fourth-order valence-electron chi connectivity index (χ4n) is 4.18. The molecule has 150 valence electrons. The first-order valence-electron chi connectivity index (χ1n) is 9.55. The van der Waals surface area contributed by atoms with Crippen LogP contribution in [0.2, 0.25) is 5.02 Å². The Hall–Kier alpha value is -2.22. The van der Waals surface area contributed by atoms with E-state index in [1.54, 1.807) is 4.57 Å². The zero-order valence-corrected chi connectivity index (χ0v) is 16.9. The fraction of sp³-hybridized carbons (Fsp3) is 0.333. The van der Waals surface area contributed by atoms with E-state index in [9.17, 15) is 14.7 Å². The van der Waals surface area contributed by atoms with Gasteiger partial charge in [0.2, 0.25) is 5.43 Å². The number of pyridine rings is 1. The van der Waals surface area contributed by atoms with Gasteiger partial charge in [0.15, 0.2) is 0 Å². The number of hydrogen-bond donors (Lipinski definition) is 2. The summed E-state index contributed by atoms with van der Waals surface area (Å²) in [7, 11) is 0. The molecule has 1 atom stereocenters. The van der Waals surface area contributed by atoms with Gasteiger partial charge in [0.1, 0.15) is 11.4 Å². The molecule has 5 rings (SSSR count). The molecule has 1 unspecified atom stereocenters. The second-order valence-electron chi connectivity index (χ2n) is 7.76. The number of carbonyl (C=O) groups is 1. The lowest BCUT2D eigenvalue weighted by molar-refractivity contribution is 0.0695. The standard InChI is InChI=1S/C21H18ClFN2O3S/c22-17-16(15-6-9-2-1-3-14(24)20(9)29-15)13(23)7-11-18(17)25(10-4-5-10)8-12(19(11)26)21(27)28/h6-8,10,14H,1-5,24H2,(H,27,28). The van der Waals surface area contributed by atoms with Gasteiger partial charge in [-0.1, -0.05) is 11.6 Å². The van der Waals surface area contributed by atoms with Gasteiger partial charge in [-0.2, -0.15) is 0 Å². The Kier molecular flexibility index (Phi) is 4.31. The summed E-state index contributed by atoms with van der Waals surface area (Å²) in [5, 5.41) is 9.54. The van der Waals surface area contributed by atoms with Gasteiger partial charge in [-0.25, -0.2) is 9.18 Å². The lowest BCUT2D eigenvalue weighted by Gasteiger charge is -2.17. The van der Waals surface area contributed by atoms with Crippen molar-refractivity contribution in [1.29, 1.82) is 0 Å². The van der Waals surface area contributed by atoms with Crippen molar-refractivity contribution in [3.63, 3.8) is 0 Å². The Balaban J connectivity index is 1.81. The van der Waals surface area contributed by atoms with Crippen LogP contribution in [0.4, 0.5) is 4.39 Å². The van der Waals surface area contributed by atoms with Crippen LogP contribution < -0.4 is 11.2 Å². The largest absolute Gasteiger partial charge is 0.477 e. The highest BCUT2D eigenvalue weighted by Gasteiger charge is 2.30. The van der Waals surface area contributed by atoms with E-state index in [4.69, 9.17) is 17.3 Å². The summed E-state index contributed by atoms with van der Waals surface area (Å²) in [6.45, 7) is 0. The van der Waals surface area contributed by atoms with Crippen LogP contribution in [0.5, 0.6) is 0 Å². The number of rotatable bonds is 3. The lowest BCUT2D eigenvalue weighted by atomic mass is 9.95. The summed E-state index contributed by atoms with van der Waals surface area (Å²) in [6.07, 6.45) is 5.87. The molecule has 2 aromatic heterocycles. The van der Waals surface area contributed by atoms with Crippen molar-refractivity contribution < 1.29 is 14.3 Å². The summed E-state index contributed by atoms with van der Waals surface area (Å²) in [4.78, 5) is 25.9. The quantitative estimate of drug-likeness (QED) is 0.616. The number of aromatic nitrogens is 1. The number of aromatic carboxylic acids is 1. The van der Waals surface area contributed by atoms with Gasteiger partial charge in [0, 0.05) is 33.6 Å². The number of fused-ring (bicyclic) bond motifs is 2. The van der Waals surface area contributed by atoms with Crippen LogP contribution in [0.1, 0.15) is 58.6 Å². The van der Waals surface area contributed by atoms with Crippen LogP contribution in [-0.2, 0) is 6.42 Å². The predicted molar refractivity (Wildman–Crippen MR) is 112 cm³/mol. The number of benzene rings is 1. The number of nitrogens with zero attached hydrogens (tertiary/aromatic N) is 1. The van der Waals surface area contributed by atoms with Crippen molar-refractivity contribution in [1.82, 2.24) is 4.57 Å². The van der Waals surface area contributed by atoms with Gasteiger partial charge < -0.3 is 15.4 Å². The summed E-state index contributed by atoms with van der Waals surface area (Å²) in [5.41, 5.74) is 6.91. The highest BCUT2D eigenvalue weighted by Crippen LogP contribution is 2.46. The van der Waals surface area contributed by atoms with Crippen LogP contribution in [-0.4, -0.2) is 15.6 Å². The molecule has 0 aliphatic heterocycles. The summed E-state index contributed by atoms with van der Waals surface area (Å²) in [5.74, 6) is -1.96. The molecule has 1 fully saturated rings. The second kappa shape index (κ2) is 6.65. The molecule has 2 aliphatic carbocycles. The van der Waals surface area contributed by atoms with Gasteiger partial charge in [-0.3, -0.25) is 4.79 Å². The van der Waals surface area contributed by atoms with Gasteiger partial charge in [0.25, 0.3) is 0 Å². The zero-order chi connectivity index (χ0) is 20.4. The average Bonchev–Trinajstić information content (AvgIpc) is 3.42. The van der Waals surface area contributed by atoms with Gasteiger partial charge in [0.05, 0.1) is 15.9 Å². The van der Waals surface area contributed by atoms with Gasteiger partial charge in [-0.15, -0.1) is 11.3 Å². The number of aryl methyl sites for hydroxylation is 1. The van der Waals surface area contributed by atoms with Crippen LogP contribution in [0, 0.1) is 5.82 Å². The molecule has 8 heteroatoms. The van der Waals surface area contributed by atoms with Crippen molar-refractivity contribution in [3.05, 3.63) is 55.4 Å². The van der Waals surface area contributed by atoms with E-state index in [0.29, 0.717) is 10.4 Å². The van der Waals surface area contributed by atoms with E-state index in [1.165, 1.54) is 17.5 Å². The number of halogens is 2. The molecule has 1 aromatic carbocycles. The van der Waals surface area contributed by atoms with Crippen molar-refractivity contribution in [2.24, 2.45) is 5.73 Å². The second-order valence-corrected chi connectivity index (χ2v) is 9.22. The maximum atomic E-state index is 15.2. The SMILES string of the molecule is NC1CCCc2cc(-c3c(F)cc4c(=O)c(C(=O)O)cn(C5CC5)c4c3Cl)sc21. The summed E-state index contributed by atoms with van der Waals surface area (Å²) >= 11 is 8.14. The molecule has 2 aliphatic rings. The minimum absolute atomic E-state index is 0.000992. The molecule has 0 amide bonds.